The van der Waals surface area contributed by atoms with Crippen molar-refractivity contribution < 1.29 is 18.3 Å². The van der Waals surface area contributed by atoms with Crippen LogP contribution in [-0.4, -0.2) is 25.2 Å². The number of nitrogens with zero attached hydrogens (tertiary/aromatic N) is 1. The molecule has 0 radical (unpaired) electrons. The van der Waals surface area contributed by atoms with Crippen molar-refractivity contribution in [2.75, 3.05) is 13.7 Å². The standard InChI is InChI=1S/C15H18F2N2O2/c1-10(12-5-4-11(16)7-13(12)17)6-14(20)19-15(2,8-18)9-21-3/h4-5,7,10H,6,9H2,1-3H3,(H,19,20)/t10-,15+/m1/s1. The average molecular weight is 296 g/mol. The van der Waals surface area contributed by atoms with Crippen molar-refractivity contribution in [3.05, 3.63) is 35.4 Å². The van der Waals surface area contributed by atoms with Gasteiger partial charge in [-0.05, 0) is 24.5 Å². The van der Waals surface area contributed by atoms with Gasteiger partial charge in [0, 0.05) is 19.6 Å². The van der Waals surface area contributed by atoms with Gasteiger partial charge in [-0.1, -0.05) is 13.0 Å². The van der Waals surface area contributed by atoms with Crippen molar-refractivity contribution in [2.24, 2.45) is 0 Å². The Morgan fingerprint density at radius 2 is 2.19 bits per heavy atom. The van der Waals surface area contributed by atoms with Crippen LogP contribution in [-0.2, 0) is 9.53 Å². The van der Waals surface area contributed by atoms with Gasteiger partial charge in [0.15, 0.2) is 0 Å². The van der Waals surface area contributed by atoms with Crippen LogP contribution in [0.1, 0.15) is 31.7 Å². The molecule has 2 atom stereocenters. The van der Waals surface area contributed by atoms with E-state index in [0.717, 1.165) is 12.1 Å². The number of benzene rings is 1. The maximum Gasteiger partial charge on any atom is 0.221 e. The van der Waals surface area contributed by atoms with Gasteiger partial charge in [-0.3, -0.25) is 4.79 Å². The minimum absolute atomic E-state index is 0.0104. The molecule has 21 heavy (non-hydrogen) atoms. The van der Waals surface area contributed by atoms with Gasteiger partial charge in [-0.15, -0.1) is 0 Å². The first-order chi connectivity index (χ1) is 9.81. The second-order valence-electron chi connectivity index (χ2n) is 5.20. The molecule has 1 amide bonds. The predicted molar refractivity (Wildman–Crippen MR) is 73.4 cm³/mol. The summed E-state index contributed by atoms with van der Waals surface area (Å²) in [5, 5.41) is 11.6. The average Bonchev–Trinajstić information content (AvgIpc) is 2.38. The predicted octanol–water partition coefficient (Wildman–Crippen LogP) is 2.50. The number of nitrogens with one attached hydrogen (secondary N) is 1. The Hall–Kier alpha value is -2.00. The van der Waals surface area contributed by atoms with Crippen LogP contribution in [0.5, 0.6) is 0 Å². The second-order valence-corrected chi connectivity index (χ2v) is 5.20. The Morgan fingerprint density at radius 3 is 2.71 bits per heavy atom. The Balaban J connectivity index is 2.72. The third-order valence-corrected chi connectivity index (χ3v) is 3.08. The highest BCUT2D eigenvalue weighted by Crippen LogP contribution is 2.23. The summed E-state index contributed by atoms with van der Waals surface area (Å²) >= 11 is 0. The lowest BCUT2D eigenvalue weighted by Crippen LogP contribution is -2.48. The highest BCUT2D eigenvalue weighted by Gasteiger charge is 2.27. The SMILES string of the molecule is COC[C@](C)(C#N)NC(=O)C[C@@H](C)c1ccc(F)cc1F. The maximum atomic E-state index is 13.6. The fourth-order valence-corrected chi connectivity index (χ4v) is 2.03. The zero-order chi connectivity index (χ0) is 16.0. The molecular weight excluding hydrogens is 278 g/mol. The number of carbonyl (C=O) groups is 1. The molecule has 0 saturated carbocycles. The zero-order valence-corrected chi connectivity index (χ0v) is 12.2. The normalized spacial score (nSPS) is 14.9. The Bertz CT molecular complexity index is 557. The minimum Gasteiger partial charge on any atom is -0.381 e. The third kappa shape index (κ3) is 4.80. The van der Waals surface area contributed by atoms with E-state index in [1.807, 2.05) is 6.07 Å². The van der Waals surface area contributed by atoms with E-state index in [0.29, 0.717) is 0 Å². The number of carbonyl (C=O) groups excluding carboxylic acids is 1. The summed E-state index contributed by atoms with van der Waals surface area (Å²) in [6, 6.07) is 5.22. The first-order valence-corrected chi connectivity index (χ1v) is 6.47. The molecule has 0 aliphatic rings. The summed E-state index contributed by atoms with van der Waals surface area (Å²) in [4.78, 5) is 11.9. The highest BCUT2D eigenvalue weighted by molar-refractivity contribution is 5.78. The first-order valence-electron chi connectivity index (χ1n) is 6.47. The fourth-order valence-electron chi connectivity index (χ4n) is 2.03. The summed E-state index contributed by atoms with van der Waals surface area (Å²) in [5.41, 5.74) is -0.871. The Labute approximate surface area is 122 Å². The topological polar surface area (TPSA) is 62.1 Å². The van der Waals surface area contributed by atoms with Gasteiger partial charge in [-0.25, -0.2) is 8.78 Å². The number of halogens is 2. The number of hydrogen-bond donors (Lipinski definition) is 1. The van der Waals surface area contributed by atoms with Gasteiger partial charge in [0.2, 0.25) is 5.91 Å². The van der Waals surface area contributed by atoms with Crippen molar-refractivity contribution in [3.8, 4) is 6.07 Å². The molecule has 0 heterocycles. The Kier molecular flexibility index (Phi) is 5.79. The van der Waals surface area contributed by atoms with Gasteiger partial charge < -0.3 is 10.1 Å². The molecule has 1 aromatic carbocycles. The first kappa shape index (κ1) is 17.1. The number of nitriles is 1. The van der Waals surface area contributed by atoms with Crippen molar-refractivity contribution in [2.45, 2.75) is 31.7 Å². The van der Waals surface area contributed by atoms with Gasteiger partial charge in [0.1, 0.15) is 17.2 Å². The molecule has 114 valence electrons. The molecule has 1 N–H and O–H groups in total. The van der Waals surface area contributed by atoms with E-state index in [1.54, 1.807) is 6.92 Å². The smallest absolute Gasteiger partial charge is 0.221 e. The summed E-state index contributed by atoms with van der Waals surface area (Å²) in [6.07, 6.45) is -0.0104. The van der Waals surface area contributed by atoms with Gasteiger partial charge >= 0.3 is 0 Å². The molecule has 4 nitrogen and oxygen atoms in total. The van der Waals surface area contributed by atoms with E-state index in [-0.39, 0.29) is 18.6 Å². The van der Waals surface area contributed by atoms with Crippen LogP contribution in [0.3, 0.4) is 0 Å². The molecule has 0 bridgehead atoms. The van der Waals surface area contributed by atoms with Crippen LogP contribution in [0.15, 0.2) is 18.2 Å². The van der Waals surface area contributed by atoms with Crippen molar-refractivity contribution >= 4 is 5.91 Å². The van der Waals surface area contributed by atoms with Crippen molar-refractivity contribution in [1.82, 2.24) is 5.32 Å². The largest absolute Gasteiger partial charge is 0.381 e. The second kappa shape index (κ2) is 7.14. The van der Waals surface area contributed by atoms with Crippen LogP contribution in [0.2, 0.25) is 0 Å². The maximum absolute atomic E-state index is 13.6. The van der Waals surface area contributed by atoms with E-state index < -0.39 is 29.0 Å². The van der Waals surface area contributed by atoms with Crippen molar-refractivity contribution in [3.63, 3.8) is 0 Å². The van der Waals surface area contributed by atoms with Crippen LogP contribution < -0.4 is 5.32 Å². The molecule has 0 spiro atoms. The fraction of sp³-hybridized carbons (Fsp3) is 0.467. The van der Waals surface area contributed by atoms with Gasteiger partial charge in [0.05, 0.1) is 12.7 Å². The molecule has 0 aromatic heterocycles. The van der Waals surface area contributed by atoms with E-state index >= 15 is 0 Å². The summed E-state index contributed by atoms with van der Waals surface area (Å²) < 4.78 is 31.4. The van der Waals surface area contributed by atoms with Crippen LogP contribution in [0.25, 0.3) is 0 Å². The molecule has 0 aliphatic carbocycles. The molecule has 0 unspecified atom stereocenters. The number of rotatable bonds is 6. The molecule has 0 saturated heterocycles. The van der Waals surface area contributed by atoms with Crippen LogP contribution in [0, 0.1) is 23.0 Å². The number of hydrogen-bond acceptors (Lipinski definition) is 3. The lowest BCUT2D eigenvalue weighted by atomic mass is 9.96. The number of ether oxygens (including phenoxy) is 1. The highest BCUT2D eigenvalue weighted by atomic mass is 19.1. The van der Waals surface area contributed by atoms with Crippen LogP contribution in [0.4, 0.5) is 8.78 Å². The third-order valence-electron chi connectivity index (χ3n) is 3.08. The number of methoxy groups -OCH3 is 1. The van der Waals surface area contributed by atoms with E-state index in [4.69, 9.17) is 10.00 Å². The molecule has 1 rings (SSSR count). The molecule has 6 heteroatoms. The van der Waals surface area contributed by atoms with Gasteiger partial charge in [-0.2, -0.15) is 5.26 Å². The van der Waals surface area contributed by atoms with E-state index in [1.165, 1.54) is 20.1 Å². The quantitative estimate of drug-likeness (QED) is 0.877. The lowest BCUT2D eigenvalue weighted by Gasteiger charge is -2.23. The summed E-state index contributed by atoms with van der Waals surface area (Å²) in [7, 11) is 1.43. The molecule has 1 aromatic rings. The zero-order valence-electron chi connectivity index (χ0n) is 12.2. The van der Waals surface area contributed by atoms with Gasteiger partial charge in [0.25, 0.3) is 0 Å². The number of amides is 1. The Morgan fingerprint density at radius 1 is 1.52 bits per heavy atom. The minimum atomic E-state index is -1.13. The van der Waals surface area contributed by atoms with Crippen LogP contribution >= 0.6 is 0 Å². The summed E-state index contributed by atoms with van der Waals surface area (Å²) in [5.74, 6) is -2.18. The molecule has 0 aliphatic heterocycles. The monoisotopic (exact) mass is 296 g/mol. The van der Waals surface area contributed by atoms with Crippen molar-refractivity contribution in [1.29, 1.82) is 5.26 Å². The molecule has 0 fully saturated rings. The van der Waals surface area contributed by atoms with E-state index in [2.05, 4.69) is 5.32 Å². The van der Waals surface area contributed by atoms with E-state index in [9.17, 15) is 13.6 Å². The lowest BCUT2D eigenvalue weighted by molar-refractivity contribution is -0.123. The summed E-state index contributed by atoms with van der Waals surface area (Å²) in [6.45, 7) is 3.25. The molecular formula is C15H18F2N2O2.